The van der Waals surface area contributed by atoms with E-state index in [9.17, 15) is 52.1 Å². The normalized spacial score (nSPS) is 13.3. The van der Waals surface area contributed by atoms with Crippen LogP contribution in [0.25, 0.3) is 33.4 Å². The zero-order valence-corrected chi connectivity index (χ0v) is 82.2. The number of carbonyl (C=O) groups excluding carboxylic acids is 4. The number of benzene rings is 7. The van der Waals surface area contributed by atoms with Crippen molar-refractivity contribution in [2.75, 3.05) is 182 Å². The van der Waals surface area contributed by atoms with Gasteiger partial charge in [0.1, 0.15) is 40.0 Å². The zero-order chi connectivity index (χ0) is 104. The van der Waals surface area contributed by atoms with Crippen molar-refractivity contribution >= 4 is 151 Å². The molecule has 0 spiro atoms. The van der Waals surface area contributed by atoms with Gasteiger partial charge in [0.15, 0.2) is 46.5 Å². The standard InChI is InChI=1S/C27H25ClFN7O3.2C26H23ClFN7O3.C23H27FN8O2/c1-16-11-23(26(38)34-35-27-31-14-22(29)25(33-27)36-7-9-39-10-8-36)30-15-24(16)32-18-5-6-20(21(28)13-18)17-3-2-4-19(37)12-17;27-20-13-22(25(37)33-34-26-30-14-21(28)24(32-26)35-8-10-38-11-9-35)29-15-23(20)31-18-6-4-16(5-7-18)17-2-1-3-19(36)12-17;27-21-13-17(4-6-20(21)16-2-1-3-19(36)12-16)31-18-5-7-23(29-14-18)25(37)33-34-26-30-15-22(28)24(32-26)35-8-10-38-11-9-35;1-31(2)15-16-3-5-17(6-4-16)27-18-7-8-20(25-13-18)22(33)29-30-23-26-14-19(24)21(28-23)32-9-11-34-12-10-32/h2-6,11-15,32,37H,7-10H2,1H3,(H,34,38)(H,31,33,35);2*1-7,12-15,31,36H,8-11H2,(H,33,37)(H,30,32,34);3-8,13-14,27H,9-12,15H2,1-2H3,(H,29,33)(H,26,28,30). The number of halogens is 7. The summed E-state index contributed by atoms with van der Waals surface area (Å²) in [6, 6.07) is 57.0. The summed E-state index contributed by atoms with van der Waals surface area (Å²) in [5, 5.41) is 43.3. The number of amides is 4. The van der Waals surface area contributed by atoms with Crippen LogP contribution in [0.2, 0.25) is 15.1 Å². The van der Waals surface area contributed by atoms with Gasteiger partial charge in [-0.15, -0.1) is 0 Å². The number of aromatic nitrogens is 12. The minimum absolute atomic E-state index is 0.0276. The molecule has 40 nitrogen and oxygen atoms in total. The van der Waals surface area contributed by atoms with Crippen LogP contribution in [0.5, 0.6) is 17.2 Å². The van der Waals surface area contributed by atoms with E-state index in [0.29, 0.717) is 132 Å². The van der Waals surface area contributed by atoms with E-state index < -0.39 is 46.9 Å². The topological polar surface area (TPSA) is 481 Å². The predicted molar refractivity (Wildman–Crippen MR) is 559 cm³/mol. The summed E-state index contributed by atoms with van der Waals surface area (Å²) in [6.45, 7) is 10.7. The number of hydrazine groups is 4. The minimum Gasteiger partial charge on any atom is -0.508 e. The number of hydrogen-bond acceptors (Lipinski definition) is 36. The Hall–Kier alpha value is -17.3. The number of aromatic hydroxyl groups is 3. The molecule has 15 aromatic rings. The summed E-state index contributed by atoms with van der Waals surface area (Å²) in [5.74, 6) is -2.97. The number of rotatable bonds is 29. The SMILES string of the molecule is CN(C)Cc1ccc(Nc2ccc(C(=O)NNc3ncc(F)c(N4CCOCC4)n3)nc2)cc1.Cc1cc(C(=O)NNc2ncc(F)c(N3CCOCC3)n2)ncc1Nc1ccc(-c2cccc(O)c2)c(Cl)c1.O=C(NNc1ncc(F)c(N2CCOCC2)n1)c1cc(Cl)c(Nc2ccc(-c3cccc(O)c3)cc2)cn1.O=C(NNc1ncc(F)c(N2CCOCC2)n1)c1ccc(Nc2ccc(-c3cccc(O)c3)c(Cl)c2)cn1. The minimum atomic E-state index is -0.574. The molecule has 0 unspecified atom stereocenters. The molecule has 0 bridgehead atoms. The van der Waals surface area contributed by atoms with Crippen molar-refractivity contribution in [3.8, 4) is 50.6 Å². The van der Waals surface area contributed by atoms with E-state index >= 15 is 0 Å². The van der Waals surface area contributed by atoms with Crippen molar-refractivity contribution in [3.05, 3.63) is 316 Å². The highest BCUT2D eigenvalue weighted by Gasteiger charge is 2.26. The van der Waals surface area contributed by atoms with Crippen molar-refractivity contribution < 1.29 is 71.0 Å². The van der Waals surface area contributed by atoms with Crippen LogP contribution >= 0.6 is 34.8 Å². The summed E-state index contributed by atoms with van der Waals surface area (Å²) >= 11 is 19.4. The molecule has 15 N–H and O–H groups in total. The fourth-order valence-corrected chi connectivity index (χ4v) is 15.9. The third-order valence-corrected chi connectivity index (χ3v) is 23.6. The smallest absolute Gasteiger partial charge is 0.288 e. The predicted octanol–water partition coefficient (Wildman–Crippen LogP) is 15.8. The first-order valence-electron chi connectivity index (χ1n) is 46.4. The van der Waals surface area contributed by atoms with Crippen molar-refractivity contribution in [3.63, 3.8) is 0 Å². The maximum Gasteiger partial charge on any atom is 0.288 e. The van der Waals surface area contributed by atoms with Gasteiger partial charge in [0.2, 0.25) is 23.8 Å². The molecule has 0 atom stereocenters. The molecule has 4 aliphatic rings. The van der Waals surface area contributed by atoms with Crippen molar-refractivity contribution in [2.24, 2.45) is 0 Å². The number of hydrogen-bond donors (Lipinski definition) is 15. The number of pyridine rings is 4. The Labute approximate surface area is 865 Å². The summed E-state index contributed by atoms with van der Waals surface area (Å²) in [6.07, 6.45) is 10.3. The van der Waals surface area contributed by atoms with Gasteiger partial charge < -0.3 is 80.0 Å². The number of nitrogens with one attached hydrogen (secondary N) is 12. The number of nitrogens with zero attached hydrogens (tertiary/aromatic N) is 17. The second-order valence-corrected chi connectivity index (χ2v) is 34.7. The second-order valence-electron chi connectivity index (χ2n) is 33.5. The van der Waals surface area contributed by atoms with Gasteiger partial charge in [-0.05, 0) is 176 Å². The Morgan fingerprint density at radius 2 is 0.651 bits per heavy atom. The molecule has 4 amide bonds. The Kier molecular flexibility index (Phi) is 35.4. The molecule has 4 fully saturated rings. The second kappa shape index (κ2) is 50.5. The maximum absolute atomic E-state index is 14.2. The van der Waals surface area contributed by atoms with E-state index in [4.69, 9.17) is 53.8 Å². The average Bonchev–Trinajstić information content (AvgIpc) is 0.860. The molecule has 7 aromatic carbocycles. The van der Waals surface area contributed by atoms with Gasteiger partial charge >= 0.3 is 0 Å². The van der Waals surface area contributed by atoms with E-state index in [-0.39, 0.29) is 92.1 Å². The van der Waals surface area contributed by atoms with E-state index in [1.54, 1.807) is 129 Å². The summed E-state index contributed by atoms with van der Waals surface area (Å²) < 4.78 is 77.9. The van der Waals surface area contributed by atoms with Crippen LogP contribution in [-0.4, -0.2) is 223 Å². The third kappa shape index (κ3) is 29.1. The van der Waals surface area contributed by atoms with Crippen LogP contribution in [0.1, 0.15) is 53.1 Å². The molecule has 766 valence electrons. The molecule has 4 aliphatic heterocycles. The first-order valence-corrected chi connectivity index (χ1v) is 47.5. The Morgan fingerprint density at radius 1 is 0.329 bits per heavy atom. The molecule has 12 heterocycles. The lowest BCUT2D eigenvalue weighted by atomic mass is 10.0. The highest BCUT2D eigenvalue weighted by Crippen LogP contribution is 2.38. The lowest BCUT2D eigenvalue weighted by Crippen LogP contribution is -2.38. The Balaban J connectivity index is 0.000000142. The Bertz CT molecular complexity index is 7200. The summed E-state index contributed by atoms with van der Waals surface area (Å²) in [7, 11) is 4.06. The van der Waals surface area contributed by atoms with Gasteiger partial charge in [0.05, 0.1) is 140 Å². The molecular formula is C102H98Cl3F4N29O11. The maximum atomic E-state index is 14.2. The highest BCUT2D eigenvalue weighted by molar-refractivity contribution is 6.34. The molecular weight excluding hydrogens is 1990 g/mol. The fourth-order valence-electron chi connectivity index (χ4n) is 15.2. The van der Waals surface area contributed by atoms with Gasteiger partial charge in [-0.2, -0.15) is 19.9 Å². The first-order chi connectivity index (χ1) is 72.3. The fraction of sp³-hybridized carbons (Fsp3) is 0.196. The summed E-state index contributed by atoms with van der Waals surface area (Å²) in [5.41, 5.74) is 33.7. The lowest BCUT2D eigenvalue weighted by Gasteiger charge is -2.28. The molecule has 149 heavy (non-hydrogen) atoms. The summed E-state index contributed by atoms with van der Waals surface area (Å²) in [4.78, 5) is 108. The van der Waals surface area contributed by atoms with Crippen LogP contribution < -0.4 is 84.3 Å². The largest absolute Gasteiger partial charge is 0.508 e. The van der Waals surface area contributed by atoms with Gasteiger partial charge in [-0.3, -0.25) is 62.6 Å². The first kappa shape index (κ1) is 105. The van der Waals surface area contributed by atoms with Crippen LogP contribution in [0, 0.1) is 30.2 Å². The quantitative estimate of drug-likeness (QED) is 0.0153. The van der Waals surface area contributed by atoms with E-state index in [1.807, 2.05) is 99.9 Å². The number of morpholine rings is 4. The van der Waals surface area contributed by atoms with Gasteiger partial charge in [-0.1, -0.05) is 108 Å². The van der Waals surface area contributed by atoms with E-state index in [1.165, 1.54) is 24.0 Å². The molecule has 4 saturated heterocycles. The molecule has 0 radical (unpaired) electrons. The number of anilines is 16. The average molecular weight is 2090 g/mol. The van der Waals surface area contributed by atoms with Crippen LogP contribution in [-0.2, 0) is 25.5 Å². The van der Waals surface area contributed by atoms with Gasteiger partial charge in [0.25, 0.3) is 23.6 Å². The third-order valence-electron chi connectivity index (χ3n) is 22.6. The van der Waals surface area contributed by atoms with E-state index in [2.05, 4.69) is 142 Å². The molecule has 0 aliphatic carbocycles. The van der Waals surface area contributed by atoms with Crippen molar-refractivity contribution in [1.29, 1.82) is 0 Å². The van der Waals surface area contributed by atoms with Gasteiger partial charge in [-0.25, -0.2) is 57.4 Å². The highest BCUT2D eigenvalue weighted by atomic mass is 35.5. The molecule has 8 aromatic heterocycles. The number of phenols is 3. The molecule has 47 heteroatoms. The van der Waals surface area contributed by atoms with Crippen LogP contribution in [0.15, 0.2) is 244 Å². The Morgan fingerprint density at radius 3 is 1.01 bits per heavy atom. The van der Waals surface area contributed by atoms with Gasteiger partial charge in [0, 0.05) is 92.8 Å². The molecule has 0 saturated carbocycles. The number of phenolic OH excluding ortho intramolecular Hbond substituents is 3. The van der Waals surface area contributed by atoms with Crippen LogP contribution in [0.4, 0.5) is 110 Å². The van der Waals surface area contributed by atoms with E-state index in [0.717, 1.165) is 98.7 Å². The monoisotopic (exact) mass is 2090 g/mol. The van der Waals surface area contributed by atoms with Crippen LogP contribution in [0.3, 0.4) is 0 Å². The van der Waals surface area contributed by atoms with Crippen molar-refractivity contribution in [1.82, 2.24) is 86.4 Å². The van der Waals surface area contributed by atoms with Crippen molar-refractivity contribution in [2.45, 2.75) is 13.5 Å². The zero-order valence-electron chi connectivity index (χ0n) is 80.0. The molecule has 19 rings (SSSR count). The number of carbonyl (C=O) groups is 4. The number of ether oxygens (including phenoxy) is 4. The number of aryl methyl sites for hydroxylation is 1. The lowest BCUT2D eigenvalue weighted by molar-refractivity contribution is 0.0949.